The van der Waals surface area contributed by atoms with Crippen LogP contribution in [-0.4, -0.2) is 51.5 Å². The normalized spacial score (nSPS) is 19.3. The monoisotopic (exact) mass is 326 g/mol. The highest BCUT2D eigenvalue weighted by atomic mass is 32.2. The van der Waals surface area contributed by atoms with Gasteiger partial charge in [0.25, 0.3) is 0 Å². The summed E-state index contributed by atoms with van der Waals surface area (Å²) in [5, 5.41) is 2.72. The van der Waals surface area contributed by atoms with Crippen molar-refractivity contribution in [3.63, 3.8) is 0 Å². The maximum absolute atomic E-state index is 12.7. The van der Waals surface area contributed by atoms with Crippen LogP contribution in [0.4, 0.5) is 0 Å². The smallest absolute Gasteiger partial charge is 0.243 e. The average Bonchev–Trinajstić information content (AvgIpc) is 2.98. The lowest BCUT2D eigenvalue weighted by Crippen LogP contribution is -2.46. The molecule has 6 nitrogen and oxygen atoms in total. The van der Waals surface area contributed by atoms with Crippen molar-refractivity contribution in [1.82, 2.24) is 9.62 Å². The number of carbonyl (C=O) groups is 1. The Balaban J connectivity index is 2.15. The number of hydrogen-bond acceptors (Lipinski definition) is 4. The zero-order valence-corrected chi connectivity index (χ0v) is 13.7. The van der Waals surface area contributed by atoms with Gasteiger partial charge in [-0.2, -0.15) is 4.31 Å². The third-order valence-electron chi connectivity index (χ3n) is 3.74. The molecule has 1 saturated heterocycles. The predicted molar refractivity (Wildman–Crippen MR) is 83.0 cm³/mol. The first-order valence-electron chi connectivity index (χ1n) is 7.32. The number of methoxy groups -OCH3 is 1. The van der Waals surface area contributed by atoms with E-state index in [1.165, 1.54) is 4.31 Å². The molecule has 1 fully saturated rings. The quantitative estimate of drug-likeness (QED) is 0.789. The van der Waals surface area contributed by atoms with E-state index < -0.39 is 16.1 Å². The molecule has 0 aromatic heterocycles. The van der Waals surface area contributed by atoms with Crippen LogP contribution in [0.2, 0.25) is 0 Å². The third-order valence-corrected chi connectivity index (χ3v) is 5.66. The summed E-state index contributed by atoms with van der Waals surface area (Å²) in [6.45, 7) is 3.06. The summed E-state index contributed by atoms with van der Waals surface area (Å²) in [5.41, 5.74) is 0.995. The Morgan fingerprint density at radius 2 is 2.05 bits per heavy atom. The lowest BCUT2D eigenvalue weighted by molar-refractivity contribution is -0.124. The SMILES string of the molecule is COCCNC(=O)[C@H]1CCCN1S(=O)(=O)c1ccc(C)cc1. The van der Waals surface area contributed by atoms with E-state index in [1.54, 1.807) is 31.4 Å². The minimum absolute atomic E-state index is 0.231. The van der Waals surface area contributed by atoms with Crippen LogP contribution in [0.15, 0.2) is 29.2 Å². The molecule has 1 aromatic rings. The van der Waals surface area contributed by atoms with Gasteiger partial charge in [0.05, 0.1) is 11.5 Å². The first kappa shape index (κ1) is 16.9. The van der Waals surface area contributed by atoms with Crippen LogP contribution in [0.5, 0.6) is 0 Å². The molecule has 1 amide bonds. The van der Waals surface area contributed by atoms with Gasteiger partial charge in [-0.3, -0.25) is 4.79 Å². The summed E-state index contributed by atoms with van der Waals surface area (Å²) in [4.78, 5) is 12.4. The van der Waals surface area contributed by atoms with Crippen molar-refractivity contribution in [2.75, 3.05) is 26.8 Å². The Morgan fingerprint density at radius 1 is 1.36 bits per heavy atom. The Kier molecular flexibility index (Phi) is 5.55. The summed E-state index contributed by atoms with van der Waals surface area (Å²) >= 11 is 0. The van der Waals surface area contributed by atoms with E-state index in [0.717, 1.165) is 5.56 Å². The molecular formula is C15H22N2O4S. The number of sulfonamides is 1. The molecule has 1 atom stereocenters. The molecule has 1 N–H and O–H groups in total. The number of aryl methyl sites for hydroxylation is 1. The third kappa shape index (κ3) is 3.66. The maximum Gasteiger partial charge on any atom is 0.243 e. The lowest BCUT2D eigenvalue weighted by Gasteiger charge is -2.23. The molecule has 122 valence electrons. The first-order valence-corrected chi connectivity index (χ1v) is 8.76. The van der Waals surface area contributed by atoms with Gasteiger partial charge >= 0.3 is 0 Å². The van der Waals surface area contributed by atoms with E-state index in [4.69, 9.17) is 4.74 Å². The number of nitrogens with zero attached hydrogens (tertiary/aromatic N) is 1. The van der Waals surface area contributed by atoms with E-state index in [1.807, 2.05) is 6.92 Å². The highest BCUT2D eigenvalue weighted by molar-refractivity contribution is 7.89. The van der Waals surface area contributed by atoms with Crippen LogP contribution in [0.25, 0.3) is 0 Å². The van der Waals surface area contributed by atoms with E-state index in [9.17, 15) is 13.2 Å². The van der Waals surface area contributed by atoms with Crippen molar-refractivity contribution < 1.29 is 17.9 Å². The molecule has 0 spiro atoms. The summed E-state index contributed by atoms with van der Waals surface area (Å²) in [6.07, 6.45) is 1.23. The minimum Gasteiger partial charge on any atom is -0.383 e. The molecule has 1 aliphatic rings. The largest absolute Gasteiger partial charge is 0.383 e. The van der Waals surface area contributed by atoms with Gasteiger partial charge in [-0.1, -0.05) is 17.7 Å². The van der Waals surface area contributed by atoms with Gasteiger partial charge < -0.3 is 10.1 Å². The van der Waals surface area contributed by atoms with Gasteiger partial charge in [0, 0.05) is 20.2 Å². The molecule has 0 aliphatic carbocycles. The second kappa shape index (κ2) is 7.21. The zero-order valence-electron chi connectivity index (χ0n) is 12.9. The van der Waals surface area contributed by atoms with Crippen LogP contribution in [0, 0.1) is 6.92 Å². The summed E-state index contributed by atoms with van der Waals surface area (Å²) in [6, 6.07) is 6.06. The standard InChI is InChI=1S/C15H22N2O4S/c1-12-5-7-13(8-6-12)22(19,20)17-10-3-4-14(17)15(18)16-9-11-21-2/h5-8,14H,3-4,9-11H2,1-2H3,(H,16,18)/t14-/m1/s1. The summed E-state index contributed by atoms with van der Waals surface area (Å²) < 4.78 is 31.6. The highest BCUT2D eigenvalue weighted by Crippen LogP contribution is 2.26. The van der Waals surface area contributed by atoms with Crippen molar-refractivity contribution in [1.29, 1.82) is 0 Å². The van der Waals surface area contributed by atoms with E-state index >= 15 is 0 Å². The van der Waals surface area contributed by atoms with Gasteiger partial charge in [0.1, 0.15) is 6.04 Å². The van der Waals surface area contributed by atoms with E-state index in [0.29, 0.717) is 32.5 Å². The van der Waals surface area contributed by atoms with Gasteiger partial charge in [0.2, 0.25) is 15.9 Å². The number of amides is 1. The maximum atomic E-state index is 12.7. The van der Waals surface area contributed by atoms with Gasteiger partial charge in [0.15, 0.2) is 0 Å². The molecule has 0 unspecified atom stereocenters. The molecule has 22 heavy (non-hydrogen) atoms. The van der Waals surface area contributed by atoms with Crippen molar-refractivity contribution in [2.24, 2.45) is 0 Å². The second-order valence-corrected chi connectivity index (χ2v) is 7.26. The number of hydrogen-bond donors (Lipinski definition) is 1. The molecule has 7 heteroatoms. The van der Waals surface area contributed by atoms with Crippen LogP contribution in [0.1, 0.15) is 18.4 Å². The first-order chi connectivity index (χ1) is 10.5. The Bertz CT molecular complexity index is 613. The van der Waals surface area contributed by atoms with Crippen LogP contribution >= 0.6 is 0 Å². The van der Waals surface area contributed by atoms with Crippen molar-refractivity contribution in [3.8, 4) is 0 Å². The Labute approximate surface area is 131 Å². The molecule has 0 saturated carbocycles. The van der Waals surface area contributed by atoms with E-state index in [-0.39, 0.29) is 10.8 Å². The number of rotatable bonds is 6. The number of carbonyl (C=O) groups excluding carboxylic acids is 1. The summed E-state index contributed by atoms with van der Waals surface area (Å²) in [7, 11) is -2.09. The van der Waals surface area contributed by atoms with Gasteiger partial charge in [-0.15, -0.1) is 0 Å². The molecule has 0 bridgehead atoms. The summed E-state index contributed by atoms with van der Waals surface area (Å²) in [5.74, 6) is -0.259. The highest BCUT2D eigenvalue weighted by Gasteiger charge is 2.39. The number of ether oxygens (including phenoxy) is 1. The van der Waals surface area contributed by atoms with Crippen molar-refractivity contribution >= 4 is 15.9 Å². The number of nitrogens with one attached hydrogen (secondary N) is 1. The Hall–Kier alpha value is -1.44. The average molecular weight is 326 g/mol. The van der Waals surface area contributed by atoms with Crippen LogP contribution in [0.3, 0.4) is 0 Å². The van der Waals surface area contributed by atoms with Crippen LogP contribution in [-0.2, 0) is 19.6 Å². The molecular weight excluding hydrogens is 304 g/mol. The molecule has 1 aromatic carbocycles. The second-order valence-electron chi connectivity index (χ2n) is 5.37. The fourth-order valence-corrected chi connectivity index (χ4v) is 4.19. The fraction of sp³-hybridized carbons (Fsp3) is 0.533. The lowest BCUT2D eigenvalue weighted by atomic mass is 10.2. The van der Waals surface area contributed by atoms with Crippen LogP contribution < -0.4 is 5.32 Å². The van der Waals surface area contributed by atoms with Crippen molar-refractivity contribution in [3.05, 3.63) is 29.8 Å². The minimum atomic E-state index is -3.64. The van der Waals surface area contributed by atoms with Gasteiger partial charge in [-0.25, -0.2) is 8.42 Å². The predicted octanol–water partition coefficient (Wildman–Crippen LogP) is 0.911. The fourth-order valence-electron chi connectivity index (χ4n) is 2.53. The molecule has 1 heterocycles. The zero-order chi connectivity index (χ0) is 16.2. The molecule has 0 radical (unpaired) electrons. The topological polar surface area (TPSA) is 75.7 Å². The van der Waals surface area contributed by atoms with E-state index in [2.05, 4.69) is 5.32 Å². The Morgan fingerprint density at radius 3 is 2.68 bits per heavy atom. The molecule has 1 aliphatic heterocycles. The van der Waals surface area contributed by atoms with Crippen molar-refractivity contribution in [2.45, 2.75) is 30.7 Å². The van der Waals surface area contributed by atoms with Gasteiger partial charge in [-0.05, 0) is 31.9 Å². The number of benzene rings is 1. The molecule has 2 rings (SSSR count).